The van der Waals surface area contributed by atoms with E-state index >= 15 is 0 Å². The Bertz CT molecular complexity index is 748. The number of anilines is 1. The summed E-state index contributed by atoms with van der Waals surface area (Å²) >= 11 is 1.24. The molecule has 0 aliphatic carbocycles. The van der Waals surface area contributed by atoms with Crippen molar-refractivity contribution in [1.29, 1.82) is 0 Å². The van der Waals surface area contributed by atoms with E-state index in [1.165, 1.54) is 24.5 Å². The zero-order valence-electron chi connectivity index (χ0n) is 13.4. The van der Waals surface area contributed by atoms with E-state index in [9.17, 15) is 14.0 Å². The lowest BCUT2D eigenvalue weighted by Gasteiger charge is -2.14. The van der Waals surface area contributed by atoms with Crippen molar-refractivity contribution >= 4 is 28.2 Å². The highest BCUT2D eigenvalue weighted by molar-refractivity contribution is 7.14. The summed E-state index contributed by atoms with van der Waals surface area (Å²) in [6.45, 7) is 0.644. The summed E-state index contributed by atoms with van der Waals surface area (Å²) in [6, 6.07) is 6.28. The van der Waals surface area contributed by atoms with Gasteiger partial charge in [-0.2, -0.15) is 0 Å². The molecule has 4 N–H and O–H groups in total. The van der Waals surface area contributed by atoms with Crippen molar-refractivity contribution in [1.82, 2.24) is 0 Å². The summed E-state index contributed by atoms with van der Waals surface area (Å²) in [5.74, 6) is -1.07. The van der Waals surface area contributed by atoms with Crippen LogP contribution in [0.1, 0.15) is 15.9 Å². The third-order valence-electron chi connectivity index (χ3n) is 3.37. The van der Waals surface area contributed by atoms with E-state index in [4.69, 9.17) is 10.5 Å². The molecule has 0 bridgehead atoms. The molecule has 0 spiro atoms. The van der Waals surface area contributed by atoms with Gasteiger partial charge in [-0.15, -0.1) is 11.3 Å². The van der Waals surface area contributed by atoms with Crippen molar-refractivity contribution in [3.05, 3.63) is 46.6 Å². The highest BCUT2D eigenvalue weighted by atomic mass is 32.1. The largest absolute Gasteiger partial charge is 0.494 e. The SMILES string of the molecule is COc1ccc(C[NH+](C)CC(=O)Nc2sccc2C(N)=O)cc1F. The first kappa shape index (κ1) is 17.9. The number of carbonyl (C=O) groups excluding carboxylic acids is 2. The molecule has 0 radical (unpaired) electrons. The van der Waals surface area contributed by atoms with E-state index in [0.717, 1.165) is 10.5 Å². The number of primary amides is 1. The highest BCUT2D eigenvalue weighted by Gasteiger charge is 2.16. The molecule has 0 fully saturated rings. The molecule has 1 heterocycles. The maximum Gasteiger partial charge on any atom is 0.280 e. The molecule has 2 aromatic rings. The summed E-state index contributed by atoms with van der Waals surface area (Å²) in [5, 5.41) is 4.81. The number of likely N-dealkylation sites (N-methyl/N-ethyl adjacent to an activating group) is 1. The fourth-order valence-electron chi connectivity index (χ4n) is 2.28. The maximum atomic E-state index is 13.7. The van der Waals surface area contributed by atoms with Crippen molar-refractivity contribution in [2.45, 2.75) is 6.54 Å². The average molecular weight is 352 g/mol. The van der Waals surface area contributed by atoms with Gasteiger partial charge < -0.3 is 20.7 Å². The second kappa shape index (κ2) is 7.89. The van der Waals surface area contributed by atoms with Gasteiger partial charge in [0.2, 0.25) is 0 Å². The molecule has 128 valence electrons. The summed E-state index contributed by atoms with van der Waals surface area (Å²) in [4.78, 5) is 24.2. The number of carbonyl (C=O) groups is 2. The van der Waals surface area contributed by atoms with Crippen LogP contribution in [-0.2, 0) is 11.3 Å². The fourth-order valence-corrected chi connectivity index (χ4v) is 3.08. The van der Waals surface area contributed by atoms with E-state index in [-0.39, 0.29) is 18.2 Å². The minimum atomic E-state index is -0.582. The number of nitrogens with one attached hydrogen (secondary N) is 2. The number of rotatable bonds is 7. The highest BCUT2D eigenvalue weighted by Crippen LogP contribution is 2.22. The lowest BCUT2D eigenvalue weighted by atomic mass is 10.2. The van der Waals surface area contributed by atoms with Gasteiger partial charge in [-0.05, 0) is 29.6 Å². The minimum Gasteiger partial charge on any atom is -0.494 e. The Kier molecular flexibility index (Phi) is 5.88. The number of quaternary nitrogens is 1. The van der Waals surface area contributed by atoms with Crippen LogP contribution in [-0.4, -0.2) is 32.5 Å². The molecule has 0 aliphatic rings. The number of hydrogen-bond donors (Lipinski definition) is 3. The van der Waals surface area contributed by atoms with Crippen LogP contribution in [0.25, 0.3) is 0 Å². The van der Waals surface area contributed by atoms with E-state index in [1.807, 2.05) is 7.05 Å². The van der Waals surface area contributed by atoms with Crippen LogP contribution in [0.4, 0.5) is 9.39 Å². The topological polar surface area (TPSA) is 85.9 Å². The normalized spacial score (nSPS) is 11.8. The molecule has 0 aliphatic heterocycles. The minimum absolute atomic E-state index is 0.170. The monoisotopic (exact) mass is 352 g/mol. The van der Waals surface area contributed by atoms with Crippen molar-refractivity contribution in [2.75, 3.05) is 26.0 Å². The van der Waals surface area contributed by atoms with Gasteiger partial charge in [0.25, 0.3) is 11.8 Å². The number of nitrogens with two attached hydrogens (primary N) is 1. The van der Waals surface area contributed by atoms with Crippen LogP contribution in [0.3, 0.4) is 0 Å². The van der Waals surface area contributed by atoms with Crippen molar-refractivity contribution in [2.24, 2.45) is 5.73 Å². The molecule has 0 saturated heterocycles. The smallest absolute Gasteiger partial charge is 0.280 e. The van der Waals surface area contributed by atoms with E-state index < -0.39 is 11.7 Å². The van der Waals surface area contributed by atoms with Crippen LogP contribution in [0, 0.1) is 5.82 Å². The number of benzene rings is 1. The first-order chi connectivity index (χ1) is 11.4. The first-order valence-electron chi connectivity index (χ1n) is 7.21. The van der Waals surface area contributed by atoms with E-state index in [0.29, 0.717) is 17.1 Å². The Morgan fingerprint density at radius 2 is 2.12 bits per heavy atom. The lowest BCUT2D eigenvalue weighted by molar-refractivity contribution is -0.885. The Hall–Kier alpha value is -2.45. The van der Waals surface area contributed by atoms with Crippen molar-refractivity contribution in [3.8, 4) is 5.75 Å². The van der Waals surface area contributed by atoms with Crippen LogP contribution in [0.2, 0.25) is 0 Å². The van der Waals surface area contributed by atoms with Gasteiger partial charge in [-0.1, -0.05) is 0 Å². The molecular weight excluding hydrogens is 333 g/mol. The van der Waals surface area contributed by atoms with Crippen LogP contribution in [0.5, 0.6) is 5.75 Å². The van der Waals surface area contributed by atoms with Gasteiger partial charge in [0.05, 0.1) is 19.7 Å². The Labute approximate surface area is 143 Å². The van der Waals surface area contributed by atoms with Crippen LogP contribution in [0.15, 0.2) is 29.6 Å². The molecule has 1 aromatic heterocycles. The van der Waals surface area contributed by atoms with Gasteiger partial charge in [-0.25, -0.2) is 4.39 Å². The zero-order chi connectivity index (χ0) is 17.7. The molecule has 1 aromatic carbocycles. The molecule has 1 unspecified atom stereocenters. The number of ether oxygens (including phenoxy) is 1. The summed E-state index contributed by atoms with van der Waals surface area (Å²) < 4.78 is 18.6. The van der Waals surface area contributed by atoms with Crippen LogP contribution >= 0.6 is 11.3 Å². The van der Waals surface area contributed by atoms with E-state index in [2.05, 4.69) is 5.32 Å². The summed E-state index contributed by atoms with van der Waals surface area (Å²) in [6.07, 6.45) is 0. The predicted molar refractivity (Wildman–Crippen MR) is 89.9 cm³/mol. The van der Waals surface area contributed by atoms with Gasteiger partial charge in [0.1, 0.15) is 11.5 Å². The standard InChI is InChI=1S/C16H18FN3O3S/c1-20(8-10-3-4-13(23-2)12(17)7-10)9-14(21)19-16-11(15(18)22)5-6-24-16/h3-7H,8-9H2,1-2H3,(H2,18,22)(H,19,21)/p+1. The number of halogens is 1. The first-order valence-corrected chi connectivity index (χ1v) is 8.09. The van der Waals surface area contributed by atoms with Gasteiger partial charge in [0, 0.05) is 5.56 Å². The van der Waals surface area contributed by atoms with Crippen LogP contribution < -0.4 is 20.7 Å². The number of hydrogen-bond acceptors (Lipinski definition) is 4. The van der Waals surface area contributed by atoms with Gasteiger partial charge in [0.15, 0.2) is 18.1 Å². The zero-order valence-corrected chi connectivity index (χ0v) is 14.2. The Morgan fingerprint density at radius 1 is 1.38 bits per heavy atom. The van der Waals surface area contributed by atoms with Crippen molar-refractivity contribution in [3.63, 3.8) is 0 Å². The summed E-state index contributed by atoms with van der Waals surface area (Å²) in [5.41, 5.74) is 6.29. The molecule has 2 rings (SSSR count). The van der Waals surface area contributed by atoms with Crippen molar-refractivity contribution < 1.29 is 23.6 Å². The molecule has 6 nitrogen and oxygen atoms in total. The molecule has 24 heavy (non-hydrogen) atoms. The third-order valence-corrected chi connectivity index (χ3v) is 4.20. The molecular formula is C16H19FN3O3S+. The molecule has 1 atom stereocenters. The Morgan fingerprint density at radius 3 is 2.75 bits per heavy atom. The molecule has 2 amide bonds. The Balaban J connectivity index is 1.93. The predicted octanol–water partition coefficient (Wildman–Crippen LogP) is 0.648. The second-order valence-corrected chi connectivity index (χ2v) is 6.27. The lowest BCUT2D eigenvalue weighted by Crippen LogP contribution is -3.08. The second-order valence-electron chi connectivity index (χ2n) is 5.36. The van der Waals surface area contributed by atoms with Gasteiger partial charge in [-0.3, -0.25) is 9.59 Å². The quantitative estimate of drug-likeness (QED) is 0.684. The fraction of sp³-hybridized carbons (Fsp3) is 0.250. The summed E-state index contributed by atoms with van der Waals surface area (Å²) in [7, 11) is 3.23. The van der Waals surface area contributed by atoms with E-state index in [1.54, 1.807) is 23.6 Å². The number of amides is 2. The number of thiophene rings is 1. The average Bonchev–Trinajstić information content (AvgIpc) is 2.95. The maximum absolute atomic E-state index is 13.7. The molecule has 8 heteroatoms. The van der Waals surface area contributed by atoms with Gasteiger partial charge >= 0.3 is 0 Å². The molecule has 0 saturated carbocycles. The number of methoxy groups -OCH3 is 1. The third kappa shape index (κ3) is 4.53.